The largest absolute Gasteiger partial charge is 0.493 e. The van der Waals surface area contributed by atoms with Gasteiger partial charge in [-0.2, -0.15) is 0 Å². The van der Waals surface area contributed by atoms with Gasteiger partial charge >= 0.3 is 0 Å². The lowest BCUT2D eigenvalue weighted by atomic mass is 9.99. The highest BCUT2D eigenvalue weighted by atomic mass is 35.5. The number of halogens is 2. The third kappa shape index (κ3) is 2.34. The number of alkyl halides is 1. The van der Waals surface area contributed by atoms with Crippen molar-refractivity contribution in [2.45, 2.75) is 37.9 Å². The fourth-order valence-corrected chi connectivity index (χ4v) is 3.13. The van der Waals surface area contributed by atoms with Gasteiger partial charge in [-0.15, -0.1) is 0 Å². The minimum atomic E-state index is -0.862. The SMILES string of the molecule is FC(Cc1cc(Cl)cc2c1OCC2)C1CCCN1. The predicted molar refractivity (Wildman–Crippen MR) is 70.3 cm³/mol. The highest BCUT2D eigenvalue weighted by Gasteiger charge is 2.27. The molecule has 1 aromatic carbocycles. The van der Waals surface area contributed by atoms with Crippen molar-refractivity contribution in [1.82, 2.24) is 5.32 Å². The van der Waals surface area contributed by atoms with E-state index in [1.807, 2.05) is 12.1 Å². The lowest BCUT2D eigenvalue weighted by molar-refractivity contribution is 0.260. The van der Waals surface area contributed by atoms with Gasteiger partial charge in [0.15, 0.2) is 0 Å². The van der Waals surface area contributed by atoms with Crippen LogP contribution in [0.25, 0.3) is 0 Å². The van der Waals surface area contributed by atoms with Crippen molar-refractivity contribution in [3.05, 3.63) is 28.3 Å². The highest BCUT2D eigenvalue weighted by Crippen LogP contribution is 2.34. The fourth-order valence-electron chi connectivity index (χ4n) is 2.87. The Bertz CT molecular complexity index is 446. The summed E-state index contributed by atoms with van der Waals surface area (Å²) >= 11 is 6.08. The normalized spacial score (nSPS) is 23.8. The molecule has 0 bridgehead atoms. The number of rotatable bonds is 3. The maximum Gasteiger partial charge on any atom is 0.126 e. The summed E-state index contributed by atoms with van der Waals surface area (Å²) in [4.78, 5) is 0. The fraction of sp³-hybridized carbons (Fsp3) is 0.571. The van der Waals surface area contributed by atoms with Gasteiger partial charge in [0, 0.05) is 23.9 Å². The molecule has 0 saturated carbocycles. The van der Waals surface area contributed by atoms with Crippen LogP contribution in [0.4, 0.5) is 4.39 Å². The maximum atomic E-state index is 14.2. The summed E-state index contributed by atoms with van der Waals surface area (Å²) in [7, 11) is 0. The number of nitrogens with one attached hydrogen (secondary N) is 1. The molecule has 1 saturated heterocycles. The summed E-state index contributed by atoms with van der Waals surface area (Å²) in [6.45, 7) is 1.61. The van der Waals surface area contributed by atoms with E-state index < -0.39 is 6.17 Å². The molecule has 2 aliphatic heterocycles. The van der Waals surface area contributed by atoms with Crippen molar-refractivity contribution in [3.8, 4) is 5.75 Å². The van der Waals surface area contributed by atoms with Gasteiger partial charge in [0.2, 0.25) is 0 Å². The highest BCUT2D eigenvalue weighted by molar-refractivity contribution is 6.30. The molecule has 18 heavy (non-hydrogen) atoms. The van der Waals surface area contributed by atoms with Crippen molar-refractivity contribution in [2.75, 3.05) is 13.2 Å². The van der Waals surface area contributed by atoms with Gasteiger partial charge in [-0.3, -0.25) is 0 Å². The van der Waals surface area contributed by atoms with Gasteiger partial charge in [0.25, 0.3) is 0 Å². The van der Waals surface area contributed by atoms with Crippen LogP contribution in [0, 0.1) is 0 Å². The Morgan fingerprint density at radius 2 is 2.39 bits per heavy atom. The molecule has 0 aromatic heterocycles. The third-order valence-electron chi connectivity index (χ3n) is 3.78. The van der Waals surface area contributed by atoms with Gasteiger partial charge in [0.05, 0.1) is 6.61 Å². The zero-order valence-electron chi connectivity index (χ0n) is 10.2. The Labute approximate surface area is 111 Å². The molecule has 0 amide bonds. The molecule has 98 valence electrons. The second-order valence-corrected chi connectivity index (χ2v) is 5.51. The summed E-state index contributed by atoms with van der Waals surface area (Å²) in [5.74, 6) is 0.861. The smallest absolute Gasteiger partial charge is 0.126 e. The van der Waals surface area contributed by atoms with E-state index in [-0.39, 0.29) is 6.04 Å². The first kappa shape index (κ1) is 12.2. The predicted octanol–water partition coefficient (Wildman–Crippen LogP) is 2.91. The quantitative estimate of drug-likeness (QED) is 0.911. The monoisotopic (exact) mass is 269 g/mol. The van der Waals surface area contributed by atoms with Gasteiger partial charge in [-0.25, -0.2) is 4.39 Å². The van der Waals surface area contributed by atoms with Crippen LogP contribution in [-0.2, 0) is 12.8 Å². The minimum absolute atomic E-state index is 0.0129. The van der Waals surface area contributed by atoms with Crippen LogP contribution in [0.1, 0.15) is 24.0 Å². The Morgan fingerprint density at radius 1 is 1.50 bits per heavy atom. The van der Waals surface area contributed by atoms with E-state index in [2.05, 4.69) is 5.32 Å². The van der Waals surface area contributed by atoms with E-state index in [1.165, 1.54) is 0 Å². The molecule has 4 heteroatoms. The molecule has 0 aliphatic carbocycles. The molecule has 2 unspecified atom stereocenters. The third-order valence-corrected chi connectivity index (χ3v) is 3.99. The molecular formula is C14H17ClFNO. The summed E-state index contributed by atoms with van der Waals surface area (Å²) in [6.07, 6.45) is 2.39. The average Bonchev–Trinajstić information content (AvgIpc) is 2.98. The van der Waals surface area contributed by atoms with Crippen LogP contribution in [0.2, 0.25) is 5.02 Å². The van der Waals surface area contributed by atoms with Crippen LogP contribution in [0.15, 0.2) is 12.1 Å². The summed E-state index contributed by atoms with van der Waals surface area (Å²) in [5.41, 5.74) is 2.03. The van der Waals surface area contributed by atoms with E-state index in [1.54, 1.807) is 0 Å². The lowest BCUT2D eigenvalue weighted by Gasteiger charge is -2.17. The number of hydrogen-bond donors (Lipinski definition) is 1. The first-order chi connectivity index (χ1) is 8.74. The summed E-state index contributed by atoms with van der Waals surface area (Å²) in [5, 5.41) is 3.89. The van der Waals surface area contributed by atoms with Crippen molar-refractivity contribution in [3.63, 3.8) is 0 Å². The molecule has 2 heterocycles. The van der Waals surface area contributed by atoms with Crippen LogP contribution in [-0.4, -0.2) is 25.4 Å². The molecule has 3 rings (SSSR count). The molecule has 0 spiro atoms. The Balaban J connectivity index is 1.79. The lowest BCUT2D eigenvalue weighted by Crippen LogP contribution is -2.33. The molecule has 2 aliphatic rings. The molecular weight excluding hydrogens is 253 g/mol. The van der Waals surface area contributed by atoms with Crippen molar-refractivity contribution in [2.24, 2.45) is 0 Å². The standard InChI is InChI=1S/C14H17ClFNO/c15-11-6-9-3-5-18-14(9)10(7-11)8-12(16)13-2-1-4-17-13/h6-7,12-13,17H,1-5,8H2. The Hall–Kier alpha value is -0.800. The first-order valence-corrected chi connectivity index (χ1v) is 6.93. The average molecular weight is 270 g/mol. The van der Waals surface area contributed by atoms with E-state index in [9.17, 15) is 4.39 Å². The van der Waals surface area contributed by atoms with Gasteiger partial charge in [0.1, 0.15) is 11.9 Å². The van der Waals surface area contributed by atoms with Crippen LogP contribution >= 0.6 is 11.6 Å². The Kier molecular flexibility index (Phi) is 3.44. The molecule has 1 N–H and O–H groups in total. The second kappa shape index (κ2) is 5.06. The number of ether oxygens (including phenoxy) is 1. The van der Waals surface area contributed by atoms with E-state index in [4.69, 9.17) is 16.3 Å². The van der Waals surface area contributed by atoms with Crippen LogP contribution in [0.5, 0.6) is 5.75 Å². The van der Waals surface area contributed by atoms with Crippen molar-refractivity contribution >= 4 is 11.6 Å². The van der Waals surface area contributed by atoms with E-state index in [0.29, 0.717) is 18.1 Å². The van der Waals surface area contributed by atoms with Gasteiger partial charge in [-0.1, -0.05) is 11.6 Å². The van der Waals surface area contributed by atoms with Crippen LogP contribution in [0.3, 0.4) is 0 Å². The minimum Gasteiger partial charge on any atom is -0.493 e. The second-order valence-electron chi connectivity index (χ2n) is 5.07. The molecule has 1 aromatic rings. The van der Waals surface area contributed by atoms with Crippen molar-refractivity contribution < 1.29 is 9.13 Å². The molecule has 2 nitrogen and oxygen atoms in total. The van der Waals surface area contributed by atoms with Gasteiger partial charge < -0.3 is 10.1 Å². The maximum absolute atomic E-state index is 14.2. The Morgan fingerprint density at radius 3 is 3.17 bits per heavy atom. The van der Waals surface area contributed by atoms with Crippen LogP contribution < -0.4 is 10.1 Å². The first-order valence-electron chi connectivity index (χ1n) is 6.55. The summed E-state index contributed by atoms with van der Waals surface area (Å²) in [6, 6.07) is 3.75. The topological polar surface area (TPSA) is 21.3 Å². The summed E-state index contributed by atoms with van der Waals surface area (Å²) < 4.78 is 19.8. The molecule has 2 atom stereocenters. The molecule has 1 fully saturated rings. The van der Waals surface area contributed by atoms with Gasteiger partial charge in [-0.05, 0) is 42.6 Å². The number of hydrogen-bond acceptors (Lipinski definition) is 2. The van der Waals surface area contributed by atoms with E-state index in [0.717, 1.165) is 42.7 Å². The zero-order valence-corrected chi connectivity index (χ0v) is 11.0. The molecule has 0 radical (unpaired) electrons. The van der Waals surface area contributed by atoms with E-state index >= 15 is 0 Å². The number of fused-ring (bicyclic) bond motifs is 1. The zero-order chi connectivity index (χ0) is 12.5. The number of benzene rings is 1. The van der Waals surface area contributed by atoms with Crippen molar-refractivity contribution in [1.29, 1.82) is 0 Å².